The Kier molecular flexibility index (Phi) is 4.20. The average molecular weight is 449 g/mol. The Morgan fingerprint density at radius 2 is 2.00 bits per heavy atom. The van der Waals surface area contributed by atoms with Gasteiger partial charge in [0.05, 0.1) is 17.2 Å². The topological polar surface area (TPSA) is 113 Å². The molecule has 0 radical (unpaired) electrons. The van der Waals surface area contributed by atoms with Crippen LogP contribution in [0.15, 0.2) is 17.3 Å². The van der Waals surface area contributed by atoms with Crippen molar-refractivity contribution < 1.29 is 14.1 Å². The first-order valence-corrected chi connectivity index (χ1v) is 11.8. The van der Waals surface area contributed by atoms with Crippen molar-refractivity contribution in [3.63, 3.8) is 0 Å². The Morgan fingerprint density at radius 1 is 1.27 bits per heavy atom. The molecule has 4 heterocycles. The van der Waals surface area contributed by atoms with Crippen molar-refractivity contribution in [1.29, 1.82) is 0 Å². The second-order valence-corrected chi connectivity index (χ2v) is 10.3. The number of hydrogen-bond donors (Lipinski definition) is 2. The molecule has 0 spiro atoms. The summed E-state index contributed by atoms with van der Waals surface area (Å²) in [6, 6.07) is 0. The van der Waals surface area contributed by atoms with Crippen molar-refractivity contribution in [2.24, 2.45) is 11.8 Å². The van der Waals surface area contributed by atoms with E-state index in [1.807, 2.05) is 0 Å². The lowest BCUT2D eigenvalue weighted by Gasteiger charge is -2.41. The van der Waals surface area contributed by atoms with E-state index < -0.39 is 16.3 Å². The number of hydrogen-bond acceptors (Lipinski definition) is 9. The van der Waals surface area contributed by atoms with Crippen LogP contribution in [0.3, 0.4) is 0 Å². The predicted molar refractivity (Wildman–Crippen MR) is 110 cm³/mol. The number of ether oxygens (including phenoxy) is 1. The summed E-state index contributed by atoms with van der Waals surface area (Å²) in [6.45, 7) is 1.65. The molecule has 30 heavy (non-hydrogen) atoms. The lowest BCUT2D eigenvalue weighted by Crippen LogP contribution is -2.48. The minimum absolute atomic E-state index is 0.0191. The van der Waals surface area contributed by atoms with E-state index in [9.17, 15) is 9.32 Å². The third-order valence-electron chi connectivity index (χ3n) is 6.77. The molecule has 2 aliphatic carbocycles. The maximum atomic E-state index is 12.4. The van der Waals surface area contributed by atoms with E-state index in [1.165, 1.54) is 0 Å². The molecule has 2 aromatic rings. The standard InChI is InChI=1S/C19H21ClN6O3S/c20-10-4-21-15(22-5-10)13-11-6-26(7-12(11)13)18-23-16(25-19(8-27)2-1-3-19)14-17(24-18)29-9-30(14)28/h4-5,11-13,27H,1-3,6-9H2,(H,23,24,25). The van der Waals surface area contributed by atoms with Gasteiger partial charge in [-0.3, -0.25) is 4.21 Å². The lowest BCUT2D eigenvalue weighted by molar-refractivity contribution is 0.143. The molecule has 3 unspecified atom stereocenters. The molecule has 3 fully saturated rings. The van der Waals surface area contributed by atoms with Crippen molar-refractivity contribution in [2.45, 2.75) is 35.6 Å². The highest BCUT2D eigenvalue weighted by atomic mass is 35.5. The monoisotopic (exact) mass is 448 g/mol. The van der Waals surface area contributed by atoms with Crippen LogP contribution in [0.5, 0.6) is 5.88 Å². The summed E-state index contributed by atoms with van der Waals surface area (Å²) < 4.78 is 18.0. The zero-order chi connectivity index (χ0) is 20.5. The van der Waals surface area contributed by atoms with Crippen LogP contribution in [0, 0.1) is 11.8 Å². The van der Waals surface area contributed by atoms with Gasteiger partial charge in [0.2, 0.25) is 11.8 Å². The van der Waals surface area contributed by atoms with Gasteiger partial charge in [0, 0.05) is 31.4 Å². The molecule has 9 nitrogen and oxygen atoms in total. The zero-order valence-electron chi connectivity index (χ0n) is 16.1. The molecule has 0 bridgehead atoms. The molecule has 2 aliphatic heterocycles. The average Bonchev–Trinajstić information content (AvgIpc) is 3.04. The van der Waals surface area contributed by atoms with Crippen molar-refractivity contribution in [3.8, 4) is 5.88 Å². The quantitative estimate of drug-likeness (QED) is 0.703. The van der Waals surface area contributed by atoms with E-state index in [2.05, 4.69) is 25.2 Å². The van der Waals surface area contributed by atoms with Gasteiger partial charge in [-0.15, -0.1) is 0 Å². The second kappa shape index (κ2) is 6.73. The fourth-order valence-electron chi connectivity index (χ4n) is 4.86. The molecular formula is C19H21ClN6O3S. The fraction of sp³-hybridized carbons (Fsp3) is 0.579. The Labute approximate surface area is 180 Å². The SMILES string of the molecule is O=S1COc2nc(N3CC4C(C3)C4c3ncc(Cl)cn3)nc(NC3(CO)CCC3)c21. The molecule has 0 amide bonds. The number of aliphatic hydroxyl groups excluding tert-OH is 1. The minimum Gasteiger partial charge on any atom is -0.463 e. The summed E-state index contributed by atoms with van der Waals surface area (Å²) >= 11 is 5.90. The number of halogens is 1. The molecule has 2 saturated carbocycles. The van der Waals surface area contributed by atoms with Gasteiger partial charge in [-0.1, -0.05) is 11.6 Å². The van der Waals surface area contributed by atoms with Crippen LogP contribution in [-0.2, 0) is 10.8 Å². The van der Waals surface area contributed by atoms with Crippen LogP contribution in [0.2, 0.25) is 5.02 Å². The first-order valence-electron chi connectivity index (χ1n) is 10.1. The van der Waals surface area contributed by atoms with Crippen LogP contribution in [0.4, 0.5) is 11.8 Å². The molecule has 0 aromatic carbocycles. The van der Waals surface area contributed by atoms with Crippen molar-refractivity contribution in [2.75, 3.05) is 35.9 Å². The van der Waals surface area contributed by atoms with E-state index in [0.717, 1.165) is 38.2 Å². The zero-order valence-corrected chi connectivity index (χ0v) is 17.7. The normalized spacial score (nSPS) is 30.3. The van der Waals surface area contributed by atoms with Gasteiger partial charge in [-0.25, -0.2) is 9.97 Å². The maximum Gasteiger partial charge on any atom is 0.238 e. The van der Waals surface area contributed by atoms with Gasteiger partial charge >= 0.3 is 0 Å². The molecule has 11 heteroatoms. The van der Waals surface area contributed by atoms with Crippen molar-refractivity contribution in [1.82, 2.24) is 19.9 Å². The number of piperidine rings is 1. The van der Waals surface area contributed by atoms with Gasteiger partial charge in [-0.2, -0.15) is 9.97 Å². The Hall–Kier alpha value is -2.04. The van der Waals surface area contributed by atoms with Gasteiger partial charge < -0.3 is 20.1 Å². The van der Waals surface area contributed by atoms with Crippen molar-refractivity contribution >= 4 is 34.2 Å². The lowest BCUT2D eigenvalue weighted by atomic mass is 9.77. The maximum absolute atomic E-state index is 12.4. The molecule has 158 valence electrons. The number of nitrogens with zero attached hydrogens (tertiary/aromatic N) is 5. The number of aliphatic hydroxyl groups is 1. The minimum atomic E-state index is -1.30. The van der Waals surface area contributed by atoms with Crippen LogP contribution >= 0.6 is 11.6 Å². The van der Waals surface area contributed by atoms with Gasteiger partial charge in [0.15, 0.2) is 11.8 Å². The van der Waals surface area contributed by atoms with E-state index in [1.54, 1.807) is 12.4 Å². The van der Waals surface area contributed by atoms with Gasteiger partial charge in [0.25, 0.3) is 0 Å². The Bertz CT molecular complexity index is 1020. The Morgan fingerprint density at radius 3 is 2.63 bits per heavy atom. The van der Waals surface area contributed by atoms with Gasteiger partial charge in [0.1, 0.15) is 21.5 Å². The second-order valence-electron chi connectivity index (χ2n) is 8.55. The molecule has 1 saturated heterocycles. The molecule has 2 N–H and O–H groups in total. The molecule has 6 rings (SSSR count). The summed E-state index contributed by atoms with van der Waals surface area (Å²) in [5, 5.41) is 13.8. The highest BCUT2D eigenvalue weighted by Crippen LogP contribution is 2.57. The van der Waals surface area contributed by atoms with Gasteiger partial charge in [-0.05, 0) is 31.1 Å². The fourth-order valence-corrected chi connectivity index (χ4v) is 5.91. The van der Waals surface area contributed by atoms with E-state index in [0.29, 0.717) is 45.3 Å². The van der Waals surface area contributed by atoms with E-state index >= 15 is 0 Å². The number of rotatable bonds is 5. The Balaban J connectivity index is 1.25. The van der Waals surface area contributed by atoms with Crippen LogP contribution in [0.25, 0.3) is 0 Å². The summed E-state index contributed by atoms with van der Waals surface area (Å²) in [5.74, 6) is 3.70. The largest absolute Gasteiger partial charge is 0.463 e. The first-order chi connectivity index (χ1) is 14.6. The number of anilines is 2. The highest BCUT2D eigenvalue weighted by Gasteiger charge is 2.58. The summed E-state index contributed by atoms with van der Waals surface area (Å²) in [5.41, 5.74) is -0.393. The smallest absolute Gasteiger partial charge is 0.238 e. The predicted octanol–water partition coefficient (Wildman–Crippen LogP) is 1.55. The number of nitrogens with one attached hydrogen (secondary N) is 1. The number of aromatic nitrogens is 4. The third kappa shape index (κ3) is 2.88. The van der Waals surface area contributed by atoms with Crippen molar-refractivity contribution in [3.05, 3.63) is 23.2 Å². The molecule has 2 aromatic heterocycles. The van der Waals surface area contributed by atoms with Crippen LogP contribution in [0.1, 0.15) is 31.0 Å². The summed E-state index contributed by atoms with van der Waals surface area (Å²) in [7, 11) is -1.30. The summed E-state index contributed by atoms with van der Waals surface area (Å²) in [6.07, 6.45) is 6.07. The van der Waals surface area contributed by atoms with Crippen LogP contribution < -0.4 is 15.0 Å². The third-order valence-corrected chi connectivity index (χ3v) is 8.12. The van der Waals surface area contributed by atoms with E-state index in [4.69, 9.17) is 21.3 Å². The molecular weight excluding hydrogens is 428 g/mol. The van der Waals surface area contributed by atoms with Crippen LogP contribution in [-0.4, -0.2) is 60.4 Å². The van der Waals surface area contributed by atoms with E-state index in [-0.39, 0.29) is 12.5 Å². The summed E-state index contributed by atoms with van der Waals surface area (Å²) in [4.78, 5) is 20.7. The number of fused-ring (bicyclic) bond motifs is 2. The highest BCUT2D eigenvalue weighted by molar-refractivity contribution is 7.85. The molecule has 3 atom stereocenters. The first kappa shape index (κ1) is 18.7. The molecule has 4 aliphatic rings.